The second-order valence-corrected chi connectivity index (χ2v) is 4.77. The van der Waals surface area contributed by atoms with Crippen molar-refractivity contribution in [3.8, 4) is 11.5 Å². The third-order valence-electron chi connectivity index (χ3n) is 3.17. The molecule has 5 heteroatoms. The van der Waals surface area contributed by atoms with E-state index >= 15 is 0 Å². The Morgan fingerprint density at radius 2 is 1.86 bits per heavy atom. The van der Waals surface area contributed by atoms with Gasteiger partial charge in [-0.3, -0.25) is 4.79 Å². The average molecular weight is 300 g/mol. The number of anilines is 1. The fourth-order valence-electron chi connectivity index (χ4n) is 1.94. The van der Waals surface area contributed by atoms with Gasteiger partial charge in [0.2, 0.25) is 0 Å². The number of hydrogen-bond acceptors (Lipinski definition) is 4. The van der Waals surface area contributed by atoms with Gasteiger partial charge in [-0.1, -0.05) is 24.3 Å². The predicted octanol–water partition coefficient (Wildman–Crippen LogP) is 2.02. The van der Waals surface area contributed by atoms with E-state index in [-0.39, 0.29) is 12.5 Å². The summed E-state index contributed by atoms with van der Waals surface area (Å²) >= 11 is 0. The van der Waals surface area contributed by atoms with Crippen molar-refractivity contribution in [1.29, 1.82) is 0 Å². The number of carbonyl (C=O) groups is 1. The fourth-order valence-corrected chi connectivity index (χ4v) is 1.94. The molecule has 2 aromatic carbocycles. The quantitative estimate of drug-likeness (QED) is 0.767. The van der Waals surface area contributed by atoms with Crippen LogP contribution in [0.4, 0.5) is 5.69 Å². The molecule has 0 radical (unpaired) electrons. The summed E-state index contributed by atoms with van der Waals surface area (Å²) in [5.74, 6) is 1.17. The monoisotopic (exact) mass is 300 g/mol. The first kappa shape index (κ1) is 15.7. The molecular formula is C17H20N2O3. The summed E-state index contributed by atoms with van der Waals surface area (Å²) in [7, 11) is 1.63. The molecule has 0 aliphatic heterocycles. The van der Waals surface area contributed by atoms with Crippen LogP contribution in [0.25, 0.3) is 0 Å². The van der Waals surface area contributed by atoms with E-state index in [0.717, 1.165) is 17.7 Å². The van der Waals surface area contributed by atoms with Crippen molar-refractivity contribution in [3.05, 3.63) is 54.1 Å². The number of nitrogen functional groups attached to an aromatic ring is 1. The molecule has 116 valence electrons. The lowest BCUT2D eigenvalue weighted by molar-refractivity contribution is -0.123. The van der Waals surface area contributed by atoms with Crippen molar-refractivity contribution in [1.82, 2.24) is 5.32 Å². The number of rotatable bonds is 7. The van der Waals surface area contributed by atoms with Crippen molar-refractivity contribution in [2.45, 2.75) is 6.42 Å². The summed E-state index contributed by atoms with van der Waals surface area (Å²) in [4.78, 5) is 11.7. The molecule has 0 bridgehead atoms. The number of ether oxygens (including phenoxy) is 2. The number of amides is 1. The highest BCUT2D eigenvalue weighted by molar-refractivity contribution is 5.77. The molecule has 0 heterocycles. The van der Waals surface area contributed by atoms with E-state index in [1.165, 1.54) is 0 Å². The van der Waals surface area contributed by atoms with Gasteiger partial charge in [-0.15, -0.1) is 0 Å². The number of nitrogens with two attached hydrogens (primary N) is 1. The lowest BCUT2D eigenvalue weighted by Crippen LogP contribution is -2.30. The van der Waals surface area contributed by atoms with Crippen molar-refractivity contribution in [2.24, 2.45) is 0 Å². The maximum atomic E-state index is 11.7. The molecule has 3 N–H and O–H groups in total. The molecule has 0 saturated heterocycles. The van der Waals surface area contributed by atoms with Crippen LogP contribution in [0.5, 0.6) is 11.5 Å². The summed E-state index contributed by atoms with van der Waals surface area (Å²) in [6.07, 6.45) is 0.753. The Kier molecular flexibility index (Phi) is 5.65. The Labute approximate surface area is 130 Å². The second kappa shape index (κ2) is 7.93. The van der Waals surface area contributed by atoms with Gasteiger partial charge in [0.15, 0.2) is 6.61 Å². The van der Waals surface area contributed by atoms with E-state index in [1.807, 2.05) is 36.4 Å². The van der Waals surface area contributed by atoms with Crippen LogP contribution in [0.2, 0.25) is 0 Å². The van der Waals surface area contributed by atoms with E-state index < -0.39 is 0 Å². The van der Waals surface area contributed by atoms with Gasteiger partial charge < -0.3 is 20.5 Å². The largest absolute Gasteiger partial charge is 0.497 e. The molecule has 0 aliphatic carbocycles. The molecule has 2 aromatic rings. The zero-order chi connectivity index (χ0) is 15.8. The molecule has 2 rings (SSSR count). The van der Waals surface area contributed by atoms with Gasteiger partial charge >= 0.3 is 0 Å². The standard InChI is InChI=1S/C17H20N2O3/c1-21-14-8-6-13(7-9-14)10-11-19-17(20)12-22-16-5-3-2-4-15(16)18/h2-9H,10-12,18H2,1H3,(H,19,20). The van der Waals surface area contributed by atoms with Crippen molar-refractivity contribution < 1.29 is 14.3 Å². The molecule has 0 aromatic heterocycles. The number of para-hydroxylation sites is 2. The summed E-state index contributed by atoms with van der Waals surface area (Å²) in [5, 5.41) is 2.81. The highest BCUT2D eigenvalue weighted by atomic mass is 16.5. The normalized spacial score (nSPS) is 10.0. The summed E-state index contributed by atoms with van der Waals surface area (Å²) in [6.45, 7) is 0.510. The van der Waals surface area contributed by atoms with Gasteiger partial charge in [-0.05, 0) is 36.2 Å². The minimum absolute atomic E-state index is 0.0448. The zero-order valence-electron chi connectivity index (χ0n) is 12.5. The Balaban J connectivity index is 1.70. The number of benzene rings is 2. The Hall–Kier alpha value is -2.69. The number of methoxy groups -OCH3 is 1. The minimum Gasteiger partial charge on any atom is -0.497 e. The van der Waals surface area contributed by atoms with Crippen LogP contribution in [-0.4, -0.2) is 26.2 Å². The molecule has 1 amide bonds. The number of hydrogen-bond donors (Lipinski definition) is 2. The zero-order valence-corrected chi connectivity index (χ0v) is 12.5. The molecule has 0 atom stereocenters. The van der Waals surface area contributed by atoms with Gasteiger partial charge in [0, 0.05) is 6.54 Å². The Morgan fingerprint density at radius 1 is 1.14 bits per heavy atom. The van der Waals surface area contributed by atoms with E-state index in [0.29, 0.717) is 18.0 Å². The van der Waals surface area contributed by atoms with Crippen molar-refractivity contribution >= 4 is 11.6 Å². The summed E-state index contributed by atoms with van der Waals surface area (Å²) < 4.78 is 10.5. The molecule has 0 aliphatic rings. The minimum atomic E-state index is -0.170. The van der Waals surface area contributed by atoms with Crippen LogP contribution in [0.15, 0.2) is 48.5 Å². The SMILES string of the molecule is COc1ccc(CCNC(=O)COc2ccccc2N)cc1. The molecule has 5 nitrogen and oxygen atoms in total. The number of nitrogens with one attached hydrogen (secondary N) is 1. The molecular weight excluding hydrogens is 280 g/mol. The van der Waals surface area contributed by atoms with Crippen LogP contribution in [-0.2, 0) is 11.2 Å². The van der Waals surface area contributed by atoms with E-state index in [1.54, 1.807) is 19.2 Å². The van der Waals surface area contributed by atoms with E-state index in [4.69, 9.17) is 15.2 Å². The van der Waals surface area contributed by atoms with Gasteiger partial charge in [0.1, 0.15) is 11.5 Å². The van der Waals surface area contributed by atoms with Gasteiger partial charge in [0.25, 0.3) is 5.91 Å². The predicted molar refractivity (Wildman–Crippen MR) is 86.1 cm³/mol. The smallest absolute Gasteiger partial charge is 0.257 e. The van der Waals surface area contributed by atoms with Crippen LogP contribution in [0.3, 0.4) is 0 Å². The molecule has 0 unspecified atom stereocenters. The van der Waals surface area contributed by atoms with Gasteiger partial charge in [-0.25, -0.2) is 0 Å². The molecule has 0 spiro atoms. The van der Waals surface area contributed by atoms with Crippen molar-refractivity contribution in [3.63, 3.8) is 0 Å². The van der Waals surface area contributed by atoms with Crippen LogP contribution >= 0.6 is 0 Å². The van der Waals surface area contributed by atoms with E-state index in [2.05, 4.69) is 5.32 Å². The Morgan fingerprint density at radius 3 is 2.55 bits per heavy atom. The highest BCUT2D eigenvalue weighted by Crippen LogP contribution is 2.19. The first-order valence-corrected chi connectivity index (χ1v) is 7.06. The first-order chi connectivity index (χ1) is 10.7. The molecule has 0 saturated carbocycles. The second-order valence-electron chi connectivity index (χ2n) is 4.77. The van der Waals surface area contributed by atoms with Gasteiger partial charge in [0.05, 0.1) is 12.8 Å². The summed E-state index contributed by atoms with van der Waals surface area (Å²) in [5.41, 5.74) is 7.40. The topological polar surface area (TPSA) is 73.6 Å². The highest BCUT2D eigenvalue weighted by Gasteiger charge is 2.04. The first-order valence-electron chi connectivity index (χ1n) is 7.06. The van der Waals surface area contributed by atoms with Crippen LogP contribution < -0.4 is 20.5 Å². The average Bonchev–Trinajstić information content (AvgIpc) is 2.55. The van der Waals surface area contributed by atoms with Crippen LogP contribution in [0, 0.1) is 0 Å². The lowest BCUT2D eigenvalue weighted by atomic mass is 10.1. The molecule has 22 heavy (non-hydrogen) atoms. The maximum absolute atomic E-state index is 11.7. The Bertz CT molecular complexity index is 612. The lowest BCUT2D eigenvalue weighted by Gasteiger charge is -2.09. The molecule has 0 fully saturated rings. The fraction of sp³-hybridized carbons (Fsp3) is 0.235. The van der Waals surface area contributed by atoms with Crippen LogP contribution in [0.1, 0.15) is 5.56 Å². The maximum Gasteiger partial charge on any atom is 0.257 e. The third-order valence-corrected chi connectivity index (χ3v) is 3.17. The van der Waals surface area contributed by atoms with Gasteiger partial charge in [-0.2, -0.15) is 0 Å². The van der Waals surface area contributed by atoms with E-state index in [9.17, 15) is 4.79 Å². The third kappa shape index (κ3) is 4.70. The summed E-state index contributed by atoms with van der Waals surface area (Å²) in [6, 6.07) is 14.9. The van der Waals surface area contributed by atoms with Crippen molar-refractivity contribution in [2.75, 3.05) is 26.0 Å². The number of carbonyl (C=O) groups excluding carboxylic acids is 1.